The van der Waals surface area contributed by atoms with Gasteiger partial charge in [-0.2, -0.15) is 0 Å². The summed E-state index contributed by atoms with van der Waals surface area (Å²) in [6.07, 6.45) is 15.6. The molecule has 4 rings (SSSR count). The van der Waals surface area contributed by atoms with Crippen LogP contribution >= 0.6 is 0 Å². The number of ether oxygens (including phenoxy) is 1. The maximum atomic E-state index is 15.1. The summed E-state index contributed by atoms with van der Waals surface area (Å²) in [7, 11) is 0. The molecule has 0 spiro atoms. The summed E-state index contributed by atoms with van der Waals surface area (Å²) in [4.78, 5) is 0. The molecule has 0 aliphatic carbocycles. The molecular weight excluding hydrogens is 505 g/mol. The van der Waals surface area contributed by atoms with E-state index >= 15 is 8.78 Å². The molecule has 1 fully saturated rings. The first-order valence-electron chi connectivity index (χ1n) is 15.1. The molecule has 0 aromatic heterocycles. The van der Waals surface area contributed by atoms with Crippen LogP contribution in [0.3, 0.4) is 0 Å². The first kappa shape index (κ1) is 30.1. The van der Waals surface area contributed by atoms with Crippen molar-refractivity contribution in [2.45, 2.75) is 90.6 Å². The fraction of sp³-hybridized carbons (Fsp3) is 0.444. The van der Waals surface area contributed by atoms with Gasteiger partial charge in [-0.15, -0.1) is 0 Å². The number of benzene rings is 3. The van der Waals surface area contributed by atoms with Crippen molar-refractivity contribution in [2.24, 2.45) is 5.92 Å². The summed E-state index contributed by atoms with van der Waals surface area (Å²) in [6, 6.07) is 15.8. The van der Waals surface area contributed by atoms with Gasteiger partial charge in [0.05, 0.1) is 12.7 Å². The summed E-state index contributed by atoms with van der Waals surface area (Å²) >= 11 is 0. The molecule has 0 saturated carbocycles. The van der Waals surface area contributed by atoms with E-state index in [0.29, 0.717) is 35.6 Å². The van der Waals surface area contributed by atoms with Gasteiger partial charge in [0.1, 0.15) is 5.82 Å². The SMILES string of the molecule is C/C=C/C1CCC(c2ccc(-c3ccc(-c4ccc(CCCCCCCCCC)c(F)c4F)cc3)cc2F)OC1. The van der Waals surface area contributed by atoms with E-state index in [1.807, 2.05) is 31.2 Å². The largest absolute Gasteiger partial charge is 0.373 e. The molecule has 0 N–H and O–H groups in total. The smallest absolute Gasteiger partial charge is 0.166 e. The molecule has 1 saturated heterocycles. The van der Waals surface area contributed by atoms with Crippen molar-refractivity contribution in [3.05, 3.63) is 95.3 Å². The lowest BCUT2D eigenvalue weighted by molar-refractivity contribution is -0.00711. The van der Waals surface area contributed by atoms with Gasteiger partial charge < -0.3 is 4.74 Å². The van der Waals surface area contributed by atoms with Crippen molar-refractivity contribution in [1.29, 1.82) is 0 Å². The molecule has 214 valence electrons. The van der Waals surface area contributed by atoms with Crippen LogP contribution < -0.4 is 0 Å². The number of allylic oxidation sites excluding steroid dienone is 1. The first-order chi connectivity index (χ1) is 19.5. The highest BCUT2D eigenvalue weighted by Gasteiger charge is 2.24. The monoisotopic (exact) mass is 548 g/mol. The Morgan fingerprint density at radius 2 is 1.43 bits per heavy atom. The number of hydrogen-bond donors (Lipinski definition) is 0. The third kappa shape index (κ3) is 7.87. The number of rotatable bonds is 13. The van der Waals surface area contributed by atoms with E-state index in [4.69, 9.17) is 4.74 Å². The third-order valence-corrected chi connectivity index (χ3v) is 8.11. The Morgan fingerprint density at radius 3 is 2.08 bits per heavy atom. The molecule has 4 heteroatoms. The summed E-state index contributed by atoms with van der Waals surface area (Å²) in [5.41, 5.74) is 3.43. The van der Waals surface area contributed by atoms with Gasteiger partial charge in [-0.05, 0) is 60.9 Å². The number of aryl methyl sites for hydroxylation is 1. The number of halogens is 3. The van der Waals surface area contributed by atoms with Crippen LogP contribution in [-0.2, 0) is 11.2 Å². The van der Waals surface area contributed by atoms with Gasteiger partial charge in [-0.1, -0.05) is 113 Å². The Balaban J connectivity index is 1.36. The zero-order chi connectivity index (χ0) is 28.3. The van der Waals surface area contributed by atoms with Crippen molar-refractivity contribution < 1.29 is 17.9 Å². The highest BCUT2D eigenvalue weighted by atomic mass is 19.2. The van der Waals surface area contributed by atoms with Crippen molar-refractivity contribution >= 4 is 0 Å². The molecule has 1 aliphatic heterocycles. The summed E-state index contributed by atoms with van der Waals surface area (Å²) in [5.74, 6) is -1.43. The standard InChI is InChI=1S/C36H43F3O/c1-3-5-6-7-8-9-10-11-13-29-19-21-31(36(39)35(29)38)28-17-15-27(16-18-28)30-20-22-32(33(37)24-30)34-23-14-26(12-4-2)25-40-34/h4,12,15-22,24,26,34H,3,5-11,13-14,23,25H2,1-2H3/b12-4+. The van der Waals surface area contributed by atoms with E-state index in [9.17, 15) is 4.39 Å². The second kappa shape index (κ2) is 15.2. The van der Waals surface area contributed by atoms with Crippen molar-refractivity contribution in [3.8, 4) is 22.3 Å². The van der Waals surface area contributed by atoms with Gasteiger partial charge >= 0.3 is 0 Å². The topological polar surface area (TPSA) is 9.23 Å². The summed E-state index contributed by atoms with van der Waals surface area (Å²) in [5, 5.41) is 0. The third-order valence-electron chi connectivity index (χ3n) is 8.11. The Hall–Kier alpha value is -2.85. The van der Waals surface area contributed by atoms with Crippen molar-refractivity contribution in [1.82, 2.24) is 0 Å². The van der Waals surface area contributed by atoms with Crippen LogP contribution in [0.5, 0.6) is 0 Å². The van der Waals surface area contributed by atoms with Gasteiger partial charge in [0, 0.05) is 17.0 Å². The van der Waals surface area contributed by atoms with Crippen molar-refractivity contribution in [3.63, 3.8) is 0 Å². The van der Waals surface area contributed by atoms with Crippen LogP contribution in [0.15, 0.2) is 66.7 Å². The minimum absolute atomic E-state index is 0.227. The molecule has 40 heavy (non-hydrogen) atoms. The van der Waals surface area contributed by atoms with Crippen LogP contribution in [0.4, 0.5) is 13.2 Å². The molecule has 3 aromatic carbocycles. The van der Waals surface area contributed by atoms with Gasteiger partial charge in [-0.25, -0.2) is 13.2 Å². The number of unbranched alkanes of at least 4 members (excludes halogenated alkanes) is 7. The maximum absolute atomic E-state index is 15.1. The van der Waals surface area contributed by atoms with Crippen LogP contribution in [0.1, 0.15) is 95.3 Å². The second-order valence-electron chi connectivity index (χ2n) is 11.1. The summed E-state index contributed by atoms with van der Waals surface area (Å²) in [6.45, 7) is 4.82. The molecule has 1 nitrogen and oxygen atoms in total. The lowest BCUT2D eigenvalue weighted by Gasteiger charge is -2.28. The molecule has 0 amide bonds. The normalized spacial score (nSPS) is 17.5. The average molecular weight is 549 g/mol. The first-order valence-corrected chi connectivity index (χ1v) is 15.1. The lowest BCUT2D eigenvalue weighted by Crippen LogP contribution is -2.20. The van der Waals surface area contributed by atoms with E-state index in [2.05, 4.69) is 13.0 Å². The van der Waals surface area contributed by atoms with E-state index in [1.54, 1.807) is 30.3 Å². The van der Waals surface area contributed by atoms with Gasteiger partial charge in [0.2, 0.25) is 0 Å². The quantitative estimate of drug-likeness (QED) is 0.152. The van der Waals surface area contributed by atoms with E-state index in [0.717, 1.165) is 43.2 Å². The molecule has 0 bridgehead atoms. The molecule has 0 radical (unpaired) electrons. The maximum Gasteiger partial charge on any atom is 0.166 e. The molecular formula is C36H43F3O. The lowest BCUT2D eigenvalue weighted by atomic mass is 9.92. The van der Waals surface area contributed by atoms with Crippen molar-refractivity contribution in [2.75, 3.05) is 6.61 Å². The molecule has 1 aliphatic rings. The number of hydrogen-bond acceptors (Lipinski definition) is 1. The van der Waals surface area contributed by atoms with Crippen LogP contribution in [0, 0.1) is 23.4 Å². The van der Waals surface area contributed by atoms with Crippen LogP contribution in [-0.4, -0.2) is 6.61 Å². The predicted octanol–water partition coefficient (Wildman–Crippen LogP) is 11.2. The van der Waals surface area contributed by atoms with E-state index in [1.165, 1.54) is 38.2 Å². The fourth-order valence-corrected chi connectivity index (χ4v) is 5.71. The molecule has 1 heterocycles. The fourth-order valence-electron chi connectivity index (χ4n) is 5.71. The molecule has 3 aromatic rings. The van der Waals surface area contributed by atoms with E-state index in [-0.39, 0.29) is 17.5 Å². The minimum Gasteiger partial charge on any atom is -0.373 e. The predicted molar refractivity (Wildman–Crippen MR) is 160 cm³/mol. The second-order valence-corrected chi connectivity index (χ2v) is 11.1. The Morgan fingerprint density at radius 1 is 0.750 bits per heavy atom. The Kier molecular flexibility index (Phi) is 11.5. The van der Waals surface area contributed by atoms with E-state index < -0.39 is 11.6 Å². The highest BCUT2D eigenvalue weighted by Crippen LogP contribution is 2.35. The zero-order valence-corrected chi connectivity index (χ0v) is 24.0. The van der Waals surface area contributed by atoms with Gasteiger partial charge in [0.25, 0.3) is 0 Å². The summed E-state index contributed by atoms with van der Waals surface area (Å²) < 4.78 is 50.9. The average Bonchev–Trinajstić information content (AvgIpc) is 2.97. The van der Waals surface area contributed by atoms with Gasteiger partial charge in [-0.3, -0.25) is 0 Å². The zero-order valence-electron chi connectivity index (χ0n) is 24.0. The molecule has 2 atom stereocenters. The van der Waals surface area contributed by atoms with Gasteiger partial charge in [0.15, 0.2) is 11.6 Å². The Bertz CT molecular complexity index is 1240. The van der Waals surface area contributed by atoms with Crippen LogP contribution in [0.2, 0.25) is 0 Å². The minimum atomic E-state index is -0.802. The van der Waals surface area contributed by atoms with Crippen LogP contribution in [0.25, 0.3) is 22.3 Å². The Labute approximate surface area is 238 Å². The molecule has 2 unspecified atom stereocenters. The highest BCUT2D eigenvalue weighted by molar-refractivity contribution is 5.71.